The zero-order chi connectivity index (χ0) is 18.4. The third kappa shape index (κ3) is 4.90. The van der Waals surface area contributed by atoms with Crippen LogP contribution in [0.1, 0.15) is 22.7 Å². The fourth-order valence-electron chi connectivity index (χ4n) is 2.78. The van der Waals surface area contributed by atoms with Gasteiger partial charge in [-0.1, -0.05) is 66.2 Å². The summed E-state index contributed by atoms with van der Waals surface area (Å²) < 4.78 is 0. The molecular formula is C22H20ClNOS. The second kappa shape index (κ2) is 8.93. The van der Waals surface area contributed by atoms with E-state index in [1.54, 1.807) is 0 Å². The molecule has 0 unspecified atom stereocenters. The Morgan fingerprint density at radius 2 is 1.62 bits per heavy atom. The Hall–Kier alpha value is -2.23. The number of thioether (sulfide) groups is 1. The molecule has 3 rings (SSSR count). The lowest BCUT2D eigenvalue weighted by atomic mass is 9.95. The van der Waals surface area contributed by atoms with Crippen LogP contribution in [0.25, 0.3) is 0 Å². The van der Waals surface area contributed by atoms with Gasteiger partial charge in [0, 0.05) is 9.92 Å². The predicted molar refractivity (Wildman–Crippen MR) is 110 cm³/mol. The molecule has 1 amide bonds. The Balaban J connectivity index is 1.74. The van der Waals surface area contributed by atoms with Crippen LogP contribution >= 0.6 is 23.4 Å². The van der Waals surface area contributed by atoms with Crippen LogP contribution in [0.3, 0.4) is 0 Å². The van der Waals surface area contributed by atoms with E-state index in [0.29, 0.717) is 10.8 Å². The summed E-state index contributed by atoms with van der Waals surface area (Å²) in [6.07, 6.45) is 0. The van der Waals surface area contributed by atoms with Crippen molar-refractivity contribution in [3.05, 3.63) is 101 Å². The summed E-state index contributed by atoms with van der Waals surface area (Å²) in [6, 6.07) is 25.6. The SMILES string of the molecule is Cc1ccccc1[C@@H](NC(=O)CSc1ccc(Cl)cc1)c1ccccc1. The van der Waals surface area contributed by atoms with Crippen molar-refractivity contribution in [2.45, 2.75) is 17.9 Å². The van der Waals surface area contributed by atoms with Crippen LogP contribution in [0.15, 0.2) is 83.8 Å². The minimum Gasteiger partial charge on any atom is -0.344 e. The number of benzene rings is 3. The van der Waals surface area contributed by atoms with E-state index in [1.807, 2.05) is 66.7 Å². The lowest BCUT2D eigenvalue weighted by molar-refractivity contribution is -0.119. The van der Waals surface area contributed by atoms with Crippen molar-refractivity contribution in [1.82, 2.24) is 5.32 Å². The van der Waals surface area contributed by atoms with E-state index in [-0.39, 0.29) is 11.9 Å². The molecule has 0 fully saturated rings. The fourth-order valence-corrected chi connectivity index (χ4v) is 3.61. The molecule has 0 heterocycles. The zero-order valence-electron chi connectivity index (χ0n) is 14.5. The van der Waals surface area contributed by atoms with Gasteiger partial charge in [-0.3, -0.25) is 4.79 Å². The third-order valence-electron chi connectivity index (χ3n) is 4.12. The van der Waals surface area contributed by atoms with Crippen LogP contribution in [-0.2, 0) is 4.79 Å². The summed E-state index contributed by atoms with van der Waals surface area (Å²) in [7, 11) is 0. The standard InChI is InChI=1S/C22H20ClNOS/c1-16-7-5-6-10-20(16)22(17-8-3-2-4-9-17)24-21(25)15-26-19-13-11-18(23)12-14-19/h2-14,22H,15H2,1H3,(H,24,25)/t22-/m0/s1. The normalized spacial score (nSPS) is 11.8. The third-order valence-corrected chi connectivity index (χ3v) is 5.39. The van der Waals surface area contributed by atoms with Crippen LogP contribution in [0, 0.1) is 6.92 Å². The summed E-state index contributed by atoms with van der Waals surface area (Å²) >= 11 is 7.41. The van der Waals surface area contributed by atoms with Crippen LogP contribution in [0.5, 0.6) is 0 Å². The molecule has 26 heavy (non-hydrogen) atoms. The molecule has 1 N–H and O–H groups in total. The van der Waals surface area contributed by atoms with Gasteiger partial charge >= 0.3 is 0 Å². The first-order valence-electron chi connectivity index (χ1n) is 8.41. The van der Waals surface area contributed by atoms with E-state index >= 15 is 0 Å². The molecule has 132 valence electrons. The molecule has 0 aromatic heterocycles. The highest BCUT2D eigenvalue weighted by atomic mass is 35.5. The van der Waals surface area contributed by atoms with Crippen molar-refractivity contribution in [1.29, 1.82) is 0 Å². The first kappa shape index (κ1) is 18.6. The van der Waals surface area contributed by atoms with E-state index in [2.05, 4.69) is 24.4 Å². The number of amides is 1. The first-order chi connectivity index (χ1) is 12.6. The summed E-state index contributed by atoms with van der Waals surface area (Å²) in [6.45, 7) is 2.07. The number of hydrogen-bond donors (Lipinski definition) is 1. The quantitative estimate of drug-likeness (QED) is 0.559. The molecule has 0 bridgehead atoms. The fraction of sp³-hybridized carbons (Fsp3) is 0.136. The van der Waals surface area contributed by atoms with Crippen molar-refractivity contribution in [2.24, 2.45) is 0 Å². The first-order valence-corrected chi connectivity index (χ1v) is 9.78. The molecule has 0 aliphatic carbocycles. The molecule has 1 atom stereocenters. The lowest BCUT2D eigenvalue weighted by Gasteiger charge is -2.21. The molecular weight excluding hydrogens is 362 g/mol. The van der Waals surface area contributed by atoms with Gasteiger partial charge in [0.15, 0.2) is 0 Å². The van der Waals surface area contributed by atoms with Gasteiger partial charge in [-0.05, 0) is 47.9 Å². The van der Waals surface area contributed by atoms with E-state index in [9.17, 15) is 4.79 Å². The lowest BCUT2D eigenvalue weighted by Crippen LogP contribution is -2.31. The van der Waals surface area contributed by atoms with Crippen molar-refractivity contribution in [3.8, 4) is 0 Å². The number of aryl methyl sites for hydroxylation is 1. The number of nitrogens with one attached hydrogen (secondary N) is 1. The molecule has 0 saturated carbocycles. The summed E-state index contributed by atoms with van der Waals surface area (Å²) in [4.78, 5) is 13.6. The van der Waals surface area contributed by atoms with Gasteiger partial charge in [-0.25, -0.2) is 0 Å². The Bertz CT molecular complexity index is 865. The minimum absolute atomic E-state index is 0.00190. The molecule has 0 spiro atoms. The summed E-state index contributed by atoms with van der Waals surface area (Å²) in [5.41, 5.74) is 3.35. The summed E-state index contributed by atoms with van der Waals surface area (Å²) in [5.74, 6) is 0.360. The Morgan fingerprint density at radius 3 is 2.31 bits per heavy atom. The number of carbonyl (C=O) groups excluding carboxylic acids is 1. The van der Waals surface area contributed by atoms with E-state index in [4.69, 9.17) is 11.6 Å². The van der Waals surface area contributed by atoms with Gasteiger partial charge < -0.3 is 5.32 Å². The number of rotatable bonds is 6. The molecule has 3 aromatic carbocycles. The van der Waals surface area contributed by atoms with Crippen molar-refractivity contribution >= 4 is 29.3 Å². The Kier molecular flexibility index (Phi) is 6.37. The molecule has 0 radical (unpaired) electrons. The van der Waals surface area contributed by atoms with Gasteiger partial charge in [0.2, 0.25) is 5.91 Å². The maximum atomic E-state index is 12.6. The van der Waals surface area contributed by atoms with E-state index in [0.717, 1.165) is 21.6 Å². The largest absolute Gasteiger partial charge is 0.344 e. The maximum absolute atomic E-state index is 12.6. The Labute approximate surface area is 163 Å². The smallest absolute Gasteiger partial charge is 0.231 e. The molecule has 2 nitrogen and oxygen atoms in total. The molecule has 0 saturated heterocycles. The topological polar surface area (TPSA) is 29.1 Å². The van der Waals surface area contributed by atoms with Crippen LogP contribution in [-0.4, -0.2) is 11.7 Å². The number of halogens is 1. The van der Waals surface area contributed by atoms with Crippen LogP contribution < -0.4 is 5.32 Å². The average Bonchev–Trinajstić information content (AvgIpc) is 2.67. The highest BCUT2D eigenvalue weighted by Gasteiger charge is 2.18. The van der Waals surface area contributed by atoms with Gasteiger partial charge in [0.1, 0.15) is 0 Å². The van der Waals surface area contributed by atoms with E-state index < -0.39 is 0 Å². The second-order valence-electron chi connectivity index (χ2n) is 6.01. The average molecular weight is 382 g/mol. The van der Waals surface area contributed by atoms with Crippen molar-refractivity contribution in [2.75, 3.05) is 5.75 Å². The predicted octanol–water partition coefficient (Wildman–Crippen LogP) is 5.65. The van der Waals surface area contributed by atoms with E-state index in [1.165, 1.54) is 11.8 Å². The highest BCUT2D eigenvalue weighted by molar-refractivity contribution is 8.00. The minimum atomic E-state index is -0.157. The van der Waals surface area contributed by atoms with Gasteiger partial charge in [-0.2, -0.15) is 0 Å². The summed E-state index contributed by atoms with van der Waals surface area (Å²) in [5, 5.41) is 3.88. The number of hydrogen-bond acceptors (Lipinski definition) is 2. The monoisotopic (exact) mass is 381 g/mol. The van der Waals surface area contributed by atoms with Gasteiger partial charge in [-0.15, -0.1) is 11.8 Å². The zero-order valence-corrected chi connectivity index (χ0v) is 16.1. The maximum Gasteiger partial charge on any atom is 0.231 e. The van der Waals surface area contributed by atoms with Crippen molar-refractivity contribution in [3.63, 3.8) is 0 Å². The second-order valence-corrected chi connectivity index (χ2v) is 7.50. The molecule has 0 aliphatic heterocycles. The Morgan fingerprint density at radius 1 is 0.962 bits per heavy atom. The van der Waals surface area contributed by atoms with Crippen LogP contribution in [0.4, 0.5) is 0 Å². The number of carbonyl (C=O) groups is 1. The van der Waals surface area contributed by atoms with Crippen molar-refractivity contribution < 1.29 is 4.79 Å². The molecule has 4 heteroatoms. The van der Waals surface area contributed by atoms with Gasteiger partial charge in [0.25, 0.3) is 0 Å². The van der Waals surface area contributed by atoms with Gasteiger partial charge in [0.05, 0.1) is 11.8 Å². The molecule has 3 aromatic rings. The molecule has 0 aliphatic rings. The van der Waals surface area contributed by atoms with Crippen LogP contribution in [0.2, 0.25) is 5.02 Å². The highest BCUT2D eigenvalue weighted by Crippen LogP contribution is 2.26.